The van der Waals surface area contributed by atoms with Gasteiger partial charge < -0.3 is 5.32 Å². The zero-order valence-corrected chi connectivity index (χ0v) is 8.81. The fourth-order valence-electron chi connectivity index (χ4n) is 1.27. The lowest BCUT2D eigenvalue weighted by Gasteiger charge is -2.04. The minimum Gasteiger partial charge on any atom is -0.349 e. The van der Waals surface area contributed by atoms with Crippen molar-refractivity contribution >= 4 is 5.95 Å². The Hall–Kier alpha value is -2.04. The van der Waals surface area contributed by atoms with Gasteiger partial charge >= 0.3 is 0 Å². The van der Waals surface area contributed by atoms with Crippen molar-refractivity contribution in [1.29, 1.82) is 0 Å². The van der Waals surface area contributed by atoms with Crippen LogP contribution in [0.1, 0.15) is 11.4 Å². The molecule has 0 aromatic carbocycles. The Balaban J connectivity index is 1.99. The summed E-state index contributed by atoms with van der Waals surface area (Å²) in [4.78, 5) is 11.9. The number of nitrogens with zero attached hydrogens (tertiary/aromatic N) is 3. The second kappa shape index (κ2) is 4.65. The van der Waals surface area contributed by atoms with Crippen molar-refractivity contribution in [2.45, 2.75) is 13.5 Å². The predicted octanol–water partition coefficient (Wildman–Crippen LogP) is 1.93. The average molecular weight is 218 g/mol. The Labute approximate surface area is 92.6 Å². The standard InChI is InChI=1S/C11H11FN4/c1-8-3-2-4-10(16-8)7-15-11-13-5-9(12)6-14-11/h2-6H,7H2,1H3,(H,13,14,15). The van der Waals surface area contributed by atoms with Crippen LogP contribution in [-0.4, -0.2) is 15.0 Å². The second-order valence-corrected chi connectivity index (χ2v) is 3.35. The van der Waals surface area contributed by atoms with E-state index in [4.69, 9.17) is 0 Å². The van der Waals surface area contributed by atoms with Gasteiger partial charge in [0.05, 0.1) is 24.6 Å². The number of pyridine rings is 1. The lowest BCUT2D eigenvalue weighted by molar-refractivity contribution is 0.614. The summed E-state index contributed by atoms with van der Waals surface area (Å²) in [5.41, 5.74) is 1.85. The number of anilines is 1. The molecule has 16 heavy (non-hydrogen) atoms. The highest BCUT2D eigenvalue weighted by molar-refractivity contribution is 5.24. The molecule has 0 aliphatic rings. The summed E-state index contributed by atoms with van der Waals surface area (Å²) in [5, 5.41) is 2.96. The SMILES string of the molecule is Cc1cccc(CNc2ncc(F)cn2)n1. The van der Waals surface area contributed by atoms with Crippen LogP contribution in [-0.2, 0) is 6.54 Å². The number of hydrogen-bond acceptors (Lipinski definition) is 4. The molecule has 0 unspecified atom stereocenters. The van der Waals surface area contributed by atoms with Crippen LogP contribution in [0.25, 0.3) is 0 Å². The Morgan fingerprint density at radius 3 is 2.69 bits per heavy atom. The number of rotatable bonds is 3. The van der Waals surface area contributed by atoms with Crippen LogP contribution in [0, 0.1) is 12.7 Å². The summed E-state index contributed by atoms with van der Waals surface area (Å²) < 4.78 is 12.5. The second-order valence-electron chi connectivity index (χ2n) is 3.35. The van der Waals surface area contributed by atoms with Crippen LogP contribution in [0.5, 0.6) is 0 Å². The summed E-state index contributed by atoms with van der Waals surface area (Å²) in [7, 11) is 0. The lowest BCUT2D eigenvalue weighted by Crippen LogP contribution is -2.05. The third kappa shape index (κ3) is 2.73. The zero-order valence-electron chi connectivity index (χ0n) is 8.81. The molecule has 0 saturated heterocycles. The van der Waals surface area contributed by atoms with Crippen molar-refractivity contribution in [3.8, 4) is 0 Å². The van der Waals surface area contributed by atoms with Gasteiger partial charge in [0, 0.05) is 5.69 Å². The predicted molar refractivity (Wildman–Crippen MR) is 58.3 cm³/mol. The molecule has 82 valence electrons. The Bertz CT molecular complexity index is 470. The van der Waals surface area contributed by atoms with E-state index >= 15 is 0 Å². The highest BCUT2D eigenvalue weighted by Crippen LogP contribution is 2.02. The molecule has 0 amide bonds. The molecular weight excluding hydrogens is 207 g/mol. The minimum atomic E-state index is -0.445. The molecule has 5 heteroatoms. The largest absolute Gasteiger partial charge is 0.349 e. The van der Waals surface area contributed by atoms with Crippen molar-refractivity contribution < 1.29 is 4.39 Å². The van der Waals surface area contributed by atoms with E-state index in [2.05, 4.69) is 20.3 Å². The van der Waals surface area contributed by atoms with E-state index in [9.17, 15) is 4.39 Å². The first-order valence-electron chi connectivity index (χ1n) is 4.88. The molecule has 2 rings (SSSR count). The van der Waals surface area contributed by atoms with Crippen LogP contribution in [0.15, 0.2) is 30.6 Å². The summed E-state index contributed by atoms with van der Waals surface area (Å²) in [5.74, 6) is -0.0519. The molecule has 0 radical (unpaired) electrons. The van der Waals surface area contributed by atoms with Crippen LogP contribution in [0.4, 0.5) is 10.3 Å². The molecule has 0 aliphatic heterocycles. The van der Waals surface area contributed by atoms with Crippen LogP contribution in [0.2, 0.25) is 0 Å². The first-order valence-corrected chi connectivity index (χ1v) is 4.88. The van der Waals surface area contributed by atoms with Crippen molar-refractivity contribution in [1.82, 2.24) is 15.0 Å². The molecular formula is C11H11FN4. The van der Waals surface area contributed by atoms with Gasteiger partial charge in [-0.2, -0.15) is 0 Å². The summed E-state index contributed by atoms with van der Waals surface area (Å²) >= 11 is 0. The number of hydrogen-bond donors (Lipinski definition) is 1. The number of aryl methyl sites for hydroxylation is 1. The van der Waals surface area contributed by atoms with Gasteiger partial charge in [-0.1, -0.05) is 6.07 Å². The van der Waals surface area contributed by atoms with E-state index in [-0.39, 0.29) is 0 Å². The molecule has 0 atom stereocenters. The first-order chi connectivity index (χ1) is 7.74. The minimum absolute atomic E-state index is 0.393. The Kier molecular flexibility index (Phi) is 3.05. The highest BCUT2D eigenvalue weighted by atomic mass is 19.1. The fourth-order valence-corrected chi connectivity index (χ4v) is 1.27. The van der Waals surface area contributed by atoms with Crippen LogP contribution >= 0.6 is 0 Å². The number of aromatic nitrogens is 3. The van der Waals surface area contributed by atoms with E-state index in [1.807, 2.05) is 25.1 Å². The Morgan fingerprint density at radius 1 is 1.25 bits per heavy atom. The van der Waals surface area contributed by atoms with Crippen molar-refractivity contribution in [2.24, 2.45) is 0 Å². The van der Waals surface area contributed by atoms with Gasteiger partial charge in [-0.15, -0.1) is 0 Å². The first kappa shape index (κ1) is 10.5. The van der Waals surface area contributed by atoms with Crippen LogP contribution in [0.3, 0.4) is 0 Å². The Morgan fingerprint density at radius 2 is 2.00 bits per heavy atom. The maximum Gasteiger partial charge on any atom is 0.223 e. The summed E-state index contributed by atoms with van der Waals surface area (Å²) in [6.45, 7) is 2.45. The van der Waals surface area contributed by atoms with Gasteiger partial charge in [-0.05, 0) is 19.1 Å². The maximum atomic E-state index is 12.5. The number of nitrogens with one attached hydrogen (secondary N) is 1. The molecule has 1 N–H and O–H groups in total. The van der Waals surface area contributed by atoms with E-state index in [0.717, 1.165) is 23.8 Å². The molecule has 4 nitrogen and oxygen atoms in total. The molecule has 0 saturated carbocycles. The van der Waals surface area contributed by atoms with Gasteiger partial charge in [-0.3, -0.25) is 4.98 Å². The van der Waals surface area contributed by atoms with Gasteiger partial charge in [0.2, 0.25) is 5.95 Å². The van der Waals surface area contributed by atoms with Crippen molar-refractivity contribution in [3.63, 3.8) is 0 Å². The topological polar surface area (TPSA) is 50.7 Å². The quantitative estimate of drug-likeness (QED) is 0.855. The van der Waals surface area contributed by atoms with E-state index in [1.54, 1.807) is 0 Å². The third-order valence-electron chi connectivity index (χ3n) is 1.99. The summed E-state index contributed by atoms with van der Waals surface area (Å²) in [6, 6.07) is 5.77. The monoisotopic (exact) mass is 218 g/mol. The molecule has 0 aliphatic carbocycles. The van der Waals surface area contributed by atoms with Crippen molar-refractivity contribution in [3.05, 3.63) is 47.8 Å². The molecule has 0 bridgehead atoms. The number of halogens is 1. The smallest absolute Gasteiger partial charge is 0.223 e. The molecule has 0 fully saturated rings. The molecule has 2 aromatic rings. The molecule has 2 heterocycles. The third-order valence-corrected chi connectivity index (χ3v) is 1.99. The van der Waals surface area contributed by atoms with Gasteiger partial charge in [0.25, 0.3) is 0 Å². The fraction of sp³-hybridized carbons (Fsp3) is 0.182. The highest BCUT2D eigenvalue weighted by Gasteiger charge is 1.98. The van der Waals surface area contributed by atoms with Crippen molar-refractivity contribution in [2.75, 3.05) is 5.32 Å². The zero-order chi connectivity index (χ0) is 11.4. The molecule has 0 spiro atoms. The summed E-state index contributed by atoms with van der Waals surface area (Å²) in [6.07, 6.45) is 2.25. The van der Waals surface area contributed by atoms with Crippen LogP contribution < -0.4 is 5.32 Å². The van der Waals surface area contributed by atoms with E-state index in [1.165, 1.54) is 0 Å². The molecule has 2 aromatic heterocycles. The van der Waals surface area contributed by atoms with Gasteiger partial charge in [0.1, 0.15) is 0 Å². The van der Waals surface area contributed by atoms with E-state index in [0.29, 0.717) is 12.5 Å². The maximum absolute atomic E-state index is 12.5. The normalized spacial score (nSPS) is 10.1. The average Bonchev–Trinajstić information content (AvgIpc) is 2.28. The van der Waals surface area contributed by atoms with E-state index < -0.39 is 5.82 Å². The van der Waals surface area contributed by atoms with Gasteiger partial charge in [0.15, 0.2) is 5.82 Å². The lowest BCUT2D eigenvalue weighted by atomic mass is 10.3. The van der Waals surface area contributed by atoms with Gasteiger partial charge in [-0.25, -0.2) is 14.4 Å².